The minimum Gasteiger partial charge on any atom is -0.355 e. The molecule has 7 nitrogen and oxygen atoms in total. The molecule has 2 heterocycles. The van der Waals surface area contributed by atoms with Crippen molar-refractivity contribution in [1.82, 2.24) is 19.8 Å². The molecular weight excluding hydrogens is 352 g/mol. The SMILES string of the molecule is CCCS(=O)(=O)N1CCCC1C(=O)NCCCN1CCNCC1.Cl. The number of carbonyl (C=O) groups is 1. The number of halogens is 1. The van der Waals surface area contributed by atoms with E-state index in [-0.39, 0.29) is 24.1 Å². The second-order valence-electron chi connectivity index (χ2n) is 6.32. The third-order valence-corrected chi connectivity index (χ3v) is 6.56. The molecule has 0 spiro atoms. The van der Waals surface area contributed by atoms with E-state index in [1.54, 1.807) is 0 Å². The maximum absolute atomic E-state index is 12.3. The fourth-order valence-corrected chi connectivity index (χ4v) is 5.02. The van der Waals surface area contributed by atoms with E-state index < -0.39 is 16.1 Å². The monoisotopic (exact) mass is 382 g/mol. The molecule has 2 N–H and O–H groups in total. The van der Waals surface area contributed by atoms with E-state index in [1.165, 1.54) is 4.31 Å². The normalized spacial score (nSPS) is 23.0. The molecule has 9 heteroatoms. The number of sulfonamides is 1. The zero-order valence-corrected chi connectivity index (χ0v) is 16.1. The molecule has 0 aromatic carbocycles. The maximum atomic E-state index is 12.3. The summed E-state index contributed by atoms with van der Waals surface area (Å²) in [5.41, 5.74) is 0. The van der Waals surface area contributed by atoms with Crippen molar-refractivity contribution < 1.29 is 13.2 Å². The number of hydrogen-bond donors (Lipinski definition) is 2. The first kappa shape index (κ1) is 21.6. The van der Waals surface area contributed by atoms with E-state index in [0.717, 1.165) is 45.6 Å². The van der Waals surface area contributed by atoms with Crippen LogP contribution in [0.25, 0.3) is 0 Å². The largest absolute Gasteiger partial charge is 0.355 e. The Balaban J connectivity index is 0.00000288. The third-order valence-electron chi connectivity index (χ3n) is 4.49. The quantitative estimate of drug-likeness (QED) is 0.578. The van der Waals surface area contributed by atoms with Crippen LogP contribution in [0.2, 0.25) is 0 Å². The van der Waals surface area contributed by atoms with E-state index in [9.17, 15) is 13.2 Å². The summed E-state index contributed by atoms with van der Waals surface area (Å²) in [5.74, 6) is -0.0118. The standard InChI is InChI=1S/C15H30N4O3S.ClH/c1-2-13-23(21,22)19-10-3-5-14(19)15(20)17-6-4-9-18-11-7-16-8-12-18;/h14,16H,2-13H2,1H3,(H,17,20);1H. The number of amides is 1. The van der Waals surface area contributed by atoms with Gasteiger partial charge in [0.25, 0.3) is 0 Å². The van der Waals surface area contributed by atoms with Crippen molar-refractivity contribution in [3.63, 3.8) is 0 Å². The average molecular weight is 383 g/mol. The zero-order chi connectivity index (χ0) is 16.7. The Kier molecular flexibility index (Phi) is 9.51. The molecule has 0 aromatic heterocycles. The first-order valence-electron chi connectivity index (χ1n) is 8.75. The van der Waals surface area contributed by atoms with E-state index >= 15 is 0 Å². The molecular formula is C15H31ClN4O3S. The van der Waals surface area contributed by atoms with Crippen molar-refractivity contribution in [2.24, 2.45) is 0 Å². The third kappa shape index (κ3) is 6.15. The second-order valence-corrected chi connectivity index (χ2v) is 8.36. The lowest BCUT2D eigenvalue weighted by Gasteiger charge is -2.27. The van der Waals surface area contributed by atoms with Crippen molar-refractivity contribution in [1.29, 1.82) is 0 Å². The fourth-order valence-electron chi connectivity index (χ4n) is 3.28. The van der Waals surface area contributed by atoms with E-state index in [2.05, 4.69) is 15.5 Å². The van der Waals surface area contributed by atoms with Gasteiger partial charge in [-0.1, -0.05) is 6.92 Å². The maximum Gasteiger partial charge on any atom is 0.238 e. The Morgan fingerprint density at radius 1 is 1.25 bits per heavy atom. The van der Waals surface area contributed by atoms with Gasteiger partial charge in [0.05, 0.1) is 5.75 Å². The van der Waals surface area contributed by atoms with Gasteiger partial charge in [0.1, 0.15) is 6.04 Å². The topological polar surface area (TPSA) is 81.8 Å². The molecule has 0 radical (unpaired) electrons. The summed E-state index contributed by atoms with van der Waals surface area (Å²) in [6.45, 7) is 8.07. The van der Waals surface area contributed by atoms with Crippen LogP contribution in [0.3, 0.4) is 0 Å². The van der Waals surface area contributed by atoms with E-state index in [1.807, 2.05) is 6.92 Å². The van der Waals surface area contributed by atoms with Crippen LogP contribution in [0, 0.1) is 0 Å². The number of carbonyl (C=O) groups excluding carboxylic acids is 1. The van der Waals surface area contributed by atoms with E-state index in [0.29, 0.717) is 25.9 Å². The predicted octanol–water partition coefficient (Wildman–Crippen LogP) is 0.0239. The molecule has 1 unspecified atom stereocenters. The summed E-state index contributed by atoms with van der Waals surface area (Å²) in [4.78, 5) is 14.7. The summed E-state index contributed by atoms with van der Waals surface area (Å²) < 4.78 is 25.8. The molecule has 0 bridgehead atoms. The highest BCUT2D eigenvalue weighted by atomic mass is 35.5. The molecule has 2 rings (SSSR count). The first-order chi connectivity index (χ1) is 11.0. The summed E-state index contributed by atoms with van der Waals surface area (Å²) in [6, 6.07) is -0.509. The Morgan fingerprint density at radius 3 is 2.62 bits per heavy atom. The van der Waals surface area contributed by atoms with Gasteiger partial charge >= 0.3 is 0 Å². The second kappa shape index (κ2) is 10.6. The number of rotatable bonds is 8. The van der Waals surface area contributed by atoms with Crippen LogP contribution >= 0.6 is 12.4 Å². The summed E-state index contributed by atoms with van der Waals surface area (Å²) in [5, 5.41) is 6.24. The molecule has 0 aliphatic carbocycles. The van der Waals surface area contributed by atoms with Gasteiger partial charge in [-0.15, -0.1) is 12.4 Å². The summed E-state index contributed by atoms with van der Waals surface area (Å²) in [7, 11) is -3.29. The van der Waals surface area contributed by atoms with Gasteiger partial charge in [-0.25, -0.2) is 8.42 Å². The smallest absolute Gasteiger partial charge is 0.238 e. The lowest BCUT2D eigenvalue weighted by molar-refractivity contribution is -0.124. The highest BCUT2D eigenvalue weighted by Crippen LogP contribution is 2.21. The first-order valence-corrected chi connectivity index (χ1v) is 10.4. The van der Waals surface area contributed by atoms with Gasteiger partial charge in [0.2, 0.25) is 15.9 Å². The minimum absolute atomic E-state index is 0. The zero-order valence-electron chi connectivity index (χ0n) is 14.5. The fraction of sp³-hybridized carbons (Fsp3) is 0.933. The number of hydrogen-bond acceptors (Lipinski definition) is 5. The predicted molar refractivity (Wildman–Crippen MR) is 98.0 cm³/mol. The van der Waals surface area contributed by atoms with Crippen LogP contribution < -0.4 is 10.6 Å². The van der Waals surface area contributed by atoms with Gasteiger partial charge in [-0.05, 0) is 32.2 Å². The van der Waals surface area contributed by atoms with E-state index in [4.69, 9.17) is 0 Å². The lowest BCUT2D eigenvalue weighted by atomic mass is 10.2. The van der Waals surface area contributed by atoms with Gasteiger partial charge in [0, 0.05) is 39.3 Å². The van der Waals surface area contributed by atoms with Gasteiger partial charge < -0.3 is 15.5 Å². The lowest BCUT2D eigenvalue weighted by Crippen LogP contribution is -2.47. The Bertz CT molecular complexity index is 483. The Labute approximate surface area is 152 Å². The number of nitrogens with zero attached hydrogens (tertiary/aromatic N) is 2. The molecule has 1 atom stereocenters. The van der Waals surface area contributed by atoms with Gasteiger partial charge in [-0.2, -0.15) is 4.31 Å². The van der Waals surface area contributed by atoms with Crippen molar-refractivity contribution in [3.8, 4) is 0 Å². The number of nitrogens with one attached hydrogen (secondary N) is 2. The van der Waals surface area contributed by atoms with Gasteiger partial charge in [0.15, 0.2) is 0 Å². The Hall–Kier alpha value is -0.410. The molecule has 0 saturated carbocycles. The molecule has 2 saturated heterocycles. The van der Waals surface area contributed by atoms with Crippen LogP contribution in [0.15, 0.2) is 0 Å². The number of piperazine rings is 1. The van der Waals surface area contributed by atoms with Crippen LogP contribution in [0.5, 0.6) is 0 Å². The van der Waals surface area contributed by atoms with Crippen LogP contribution in [0.1, 0.15) is 32.6 Å². The van der Waals surface area contributed by atoms with Crippen molar-refractivity contribution in [2.45, 2.75) is 38.6 Å². The highest BCUT2D eigenvalue weighted by Gasteiger charge is 2.37. The van der Waals surface area contributed by atoms with Crippen molar-refractivity contribution in [2.75, 3.05) is 51.6 Å². The molecule has 1 amide bonds. The average Bonchev–Trinajstić information content (AvgIpc) is 3.03. The molecule has 0 aromatic rings. The van der Waals surface area contributed by atoms with Crippen LogP contribution in [-0.2, 0) is 14.8 Å². The van der Waals surface area contributed by atoms with Crippen LogP contribution in [0.4, 0.5) is 0 Å². The van der Waals surface area contributed by atoms with Crippen LogP contribution in [-0.4, -0.2) is 81.1 Å². The Morgan fingerprint density at radius 2 is 1.96 bits per heavy atom. The molecule has 142 valence electrons. The molecule has 2 fully saturated rings. The van der Waals surface area contributed by atoms with Gasteiger partial charge in [-0.3, -0.25) is 4.79 Å². The summed E-state index contributed by atoms with van der Waals surface area (Å²) >= 11 is 0. The minimum atomic E-state index is -3.29. The molecule has 2 aliphatic rings. The molecule has 24 heavy (non-hydrogen) atoms. The summed E-state index contributed by atoms with van der Waals surface area (Å²) in [6.07, 6.45) is 2.88. The highest BCUT2D eigenvalue weighted by molar-refractivity contribution is 7.89. The van der Waals surface area contributed by atoms with Crippen molar-refractivity contribution >= 4 is 28.3 Å². The molecule has 2 aliphatic heterocycles. The van der Waals surface area contributed by atoms with Crippen molar-refractivity contribution in [3.05, 3.63) is 0 Å².